The third-order valence-electron chi connectivity index (χ3n) is 2.62. The van der Waals surface area contributed by atoms with Crippen LogP contribution in [-0.4, -0.2) is 33.4 Å². The second kappa shape index (κ2) is 7.30. The van der Waals surface area contributed by atoms with Crippen molar-refractivity contribution in [1.82, 2.24) is 5.32 Å². The highest BCUT2D eigenvalue weighted by molar-refractivity contribution is 5.35. The first-order valence-electron chi connectivity index (χ1n) is 6.08. The van der Waals surface area contributed by atoms with E-state index in [1.165, 1.54) is 5.56 Å². The van der Waals surface area contributed by atoms with Crippen molar-refractivity contribution in [2.24, 2.45) is 0 Å². The molecule has 1 atom stereocenters. The Hall–Kier alpha value is -1.06. The number of hydrogen-bond acceptors (Lipinski definition) is 3. The summed E-state index contributed by atoms with van der Waals surface area (Å²) in [6.07, 6.45) is 0.0462. The van der Waals surface area contributed by atoms with Gasteiger partial charge in [0.1, 0.15) is 11.9 Å². The van der Waals surface area contributed by atoms with E-state index in [0.29, 0.717) is 12.5 Å². The van der Waals surface area contributed by atoms with Gasteiger partial charge in [0.2, 0.25) is 0 Å². The van der Waals surface area contributed by atoms with Gasteiger partial charge in [0.25, 0.3) is 0 Å². The van der Waals surface area contributed by atoms with Crippen LogP contribution in [0.3, 0.4) is 0 Å². The molecule has 0 aromatic heterocycles. The molecule has 3 nitrogen and oxygen atoms in total. The van der Waals surface area contributed by atoms with Gasteiger partial charge in [-0.1, -0.05) is 32.0 Å². The summed E-state index contributed by atoms with van der Waals surface area (Å²) in [4.78, 5) is 0. The highest BCUT2D eigenvalue weighted by atomic mass is 16.5. The molecule has 1 aromatic carbocycles. The third kappa shape index (κ3) is 4.36. The fourth-order valence-electron chi connectivity index (χ4n) is 1.79. The van der Waals surface area contributed by atoms with Crippen molar-refractivity contribution in [2.45, 2.75) is 25.9 Å². The molecule has 0 aliphatic heterocycles. The molecule has 0 spiro atoms. The van der Waals surface area contributed by atoms with Gasteiger partial charge in [-0.05, 0) is 24.6 Å². The second-order valence-corrected chi connectivity index (χ2v) is 4.45. The van der Waals surface area contributed by atoms with E-state index in [1.807, 2.05) is 25.2 Å². The minimum absolute atomic E-state index is 0.0462. The SMILES string of the molecule is CNCC(COC)Oc1ccccc1C(C)C. The Bertz CT molecular complexity index is 320. The smallest absolute Gasteiger partial charge is 0.134 e. The number of nitrogens with one attached hydrogen (secondary N) is 1. The van der Waals surface area contributed by atoms with Crippen LogP contribution in [0.25, 0.3) is 0 Å². The standard InChI is InChI=1S/C14H23NO2/c1-11(2)13-7-5-6-8-14(13)17-12(9-15-3)10-16-4/h5-8,11-12,15H,9-10H2,1-4H3. The first-order valence-corrected chi connectivity index (χ1v) is 6.08. The van der Waals surface area contributed by atoms with Crippen LogP contribution in [0, 0.1) is 0 Å². The number of rotatable bonds is 7. The summed E-state index contributed by atoms with van der Waals surface area (Å²) in [5.41, 5.74) is 1.24. The van der Waals surface area contributed by atoms with E-state index in [1.54, 1.807) is 7.11 Å². The monoisotopic (exact) mass is 237 g/mol. The fraction of sp³-hybridized carbons (Fsp3) is 0.571. The van der Waals surface area contributed by atoms with E-state index in [4.69, 9.17) is 9.47 Å². The van der Waals surface area contributed by atoms with Crippen molar-refractivity contribution in [1.29, 1.82) is 0 Å². The largest absolute Gasteiger partial charge is 0.486 e. The second-order valence-electron chi connectivity index (χ2n) is 4.45. The normalized spacial score (nSPS) is 12.8. The van der Waals surface area contributed by atoms with E-state index in [0.717, 1.165) is 12.3 Å². The number of benzene rings is 1. The van der Waals surface area contributed by atoms with Crippen molar-refractivity contribution in [3.05, 3.63) is 29.8 Å². The molecule has 1 N–H and O–H groups in total. The summed E-state index contributed by atoms with van der Waals surface area (Å²) in [5, 5.41) is 3.12. The molecule has 1 rings (SSSR count). The van der Waals surface area contributed by atoms with Crippen LogP contribution in [0.2, 0.25) is 0 Å². The quantitative estimate of drug-likeness (QED) is 0.790. The topological polar surface area (TPSA) is 30.5 Å². The summed E-state index contributed by atoms with van der Waals surface area (Å²) in [7, 11) is 3.61. The summed E-state index contributed by atoms with van der Waals surface area (Å²) < 4.78 is 11.2. The lowest BCUT2D eigenvalue weighted by atomic mass is 10.0. The van der Waals surface area contributed by atoms with Crippen LogP contribution in [0.1, 0.15) is 25.3 Å². The average molecular weight is 237 g/mol. The molecule has 0 fully saturated rings. The number of ether oxygens (including phenoxy) is 2. The molecule has 1 aromatic rings. The van der Waals surface area contributed by atoms with E-state index >= 15 is 0 Å². The molecule has 17 heavy (non-hydrogen) atoms. The lowest BCUT2D eigenvalue weighted by Gasteiger charge is -2.21. The van der Waals surface area contributed by atoms with E-state index in [-0.39, 0.29) is 6.10 Å². The van der Waals surface area contributed by atoms with Crippen LogP contribution in [-0.2, 0) is 4.74 Å². The summed E-state index contributed by atoms with van der Waals surface area (Å²) in [6.45, 7) is 5.71. The number of hydrogen-bond donors (Lipinski definition) is 1. The molecule has 0 aliphatic carbocycles. The zero-order valence-corrected chi connectivity index (χ0v) is 11.2. The molecule has 0 saturated heterocycles. The molecule has 3 heteroatoms. The molecular weight excluding hydrogens is 214 g/mol. The maximum absolute atomic E-state index is 6.00. The van der Waals surface area contributed by atoms with E-state index in [2.05, 4.69) is 25.2 Å². The van der Waals surface area contributed by atoms with Crippen LogP contribution in [0.4, 0.5) is 0 Å². The first kappa shape index (κ1) is 14.0. The Morgan fingerprint density at radius 1 is 1.24 bits per heavy atom. The third-order valence-corrected chi connectivity index (χ3v) is 2.62. The summed E-state index contributed by atoms with van der Waals surface area (Å²) in [6, 6.07) is 8.19. The van der Waals surface area contributed by atoms with Gasteiger partial charge in [0.15, 0.2) is 0 Å². The molecule has 0 aliphatic rings. The van der Waals surface area contributed by atoms with Crippen LogP contribution in [0.15, 0.2) is 24.3 Å². The van der Waals surface area contributed by atoms with Crippen LogP contribution in [0.5, 0.6) is 5.75 Å². The fourth-order valence-corrected chi connectivity index (χ4v) is 1.79. The Labute approximate surface area is 104 Å². The van der Waals surface area contributed by atoms with Gasteiger partial charge in [-0.15, -0.1) is 0 Å². The predicted molar refractivity (Wildman–Crippen MR) is 70.7 cm³/mol. The maximum Gasteiger partial charge on any atom is 0.134 e. The number of methoxy groups -OCH3 is 1. The van der Waals surface area contributed by atoms with Crippen molar-refractivity contribution in [3.8, 4) is 5.75 Å². The van der Waals surface area contributed by atoms with Crippen molar-refractivity contribution >= 4 is 0 Å². The highest BCUT2D eigenvalue weighted by Crippen LogP contribution is 2.26. The minimum Gasteiger partial charge on any atom is -0.486 e. The van der Waals surface area contributed by atoms with Crippen molar-refractivity contribution < 1.29 is 9.47 Å². The molecular formula is C14H23NO2. The Balaban J connectivity index is 2.77. The van der Waals surface area contributed by atoms with Gasteiger partial charge < -0.3 is 14.8 Å². The van der Waals surface area contributed by atoms with Gasteiger partial charge in [-0.3, -0.25) is 0 Å². The average Bonchev–Trinajstić information content (AvgIpc) is 2.30. The number of likely N-dealkylation sites (N-methyl/N-ethyl adjacent to an activating group) is 1. The van der Waals surface area contributed by atoms with Gasteiger partial charge in [0, 0.05) is 13.7 Å². The molecule has 1 unspecified atom stereocenters. The summed E-state index contributed by atoms with van der Waals surface area (Å²) >= 11 is 0. The highest BCUT2D eigenvalue weighted by Gasteiger charge is 2.13. The lowest BCUT2D eigenvalue weighted by Crippen LogP contribution is -2.33. The van der Waals surface area contributed by atoms with Crippen molar-refractivity contribution in [3.63, 3.8) is 0 Å². The molecule has 0 saturated carbocycles. The number of para-hydroxylation sites is 1. The Morgan fingerprint density at radius 2 is 1.94 bits per heavy atom. The molecule has 0 bridgehead atoms. The zero-order chi connectivity index (χ0) is 12.7. The van der Waals surface area contributed by atoms with Gasteiger partial charge in [-0.2, -0.15) is 0 Å². The van der Waals surface area contributed by atoms with Crippen LogP contribution >= 0.6 is 0 Å². The lowest BCUT2D eigenvalue weighted by molar-refractivity contribution is 0.0810. The minimum atomic E-state index is 0.0462. The van der Waals surface area contributed by atoms with Crippen molar-refractivity contribution in [2.75, 3.05) is 27.3 Å². The van der Waals surface area contributed by atoms with E-state index < -0.39 is 0 Å². The van der Waals surface area contributed by atoms with Gasteiger partial charge in [0.05, 0.1) is 6.61 Å². The Kier molecular flexibility index (Phi) is 6.01. The Morgan fingerprint density at radius 3 is 2.53 bits per heavy atom. The first-order chi connectivity index (χ1) is 8.19. The van der Waals surface area contributed by atoms with Crippen LogP contribution < -0.4 is 10.1 Å². The molecule has 96 valence electrons. The predicted octanol–water partition coefficient (Wildman–Crippen LogP) is 2.42. The molecule has 0 heterocycles. The molecule has 0 radical (unpaired) electrons. The molecule has 0 amide bonds. The maximum atomic E-state index is 6.00. The zero-order valence-electron chi connectivity index (χ0n) is 11.2. The van der Waals surface area contributed by atoms with E-state index in [9.17, 15) is 0 Å². The van der Waals surface area contributed by atoms with Gasteiger partial charge in [-0.25, -0.2) is 0 Å². The summed E-state index contributed by atoms with van der Waals surface area (Å²) in [5.74, 6) is 1.42. The van der Waals surface area contributed by atoms with Gasteiger partial charge >= 0.3 is 0 Å².